The van der Waals surface area contributed by atoms with Crippen molar-refractivity contribution in [3.8, 4) is 0 Å². The molecule has 0 amide bonds. The van der Waals surface area contributed by atoms with E-state index in [9.17, 15) is 0 Å². The molecule has 0 fully saturated rings. The molecule has 0 aromatic heterocycles. The van der Waals surface area contributed by atoms with Crippen LogP contribution in [0.3, 0.4) is 0 Å². The van der Waals surface area contributed by atoms with Crippen molar-refractivity contribution in [3.63, 3.8) is 0 Å². The second kappa shape index (κ2) is 7.36. The molecule has 5 heteroatoms. The van der Waals surface area contributed by atoms with Gasteiger partial charge in [-0.3, -0.25) is 4.98 Å². The van der Waals surface area contributed by atoms with Gasteiger partial charge in [-0.2, -0.15) is 0 Å². The van der Waals surface area contributed by atoms with Gasteiger partial charge in [0.2, 0.25) is 5.91 Å². The van der Waals surface area contributed by atoms with E-state index in [0.29, 0.717) is 19.8 Å². The van der Waals surface area contributed by atoms with Gasteiger partial charge in [-0.05, 0) is 27.7 Å². The molecule has 1 N–H and O–H groups in total. The van der Waals surface area contributed by atoms with Crippen LogP contribution in [-0.4, -0.2) is 42.2 Å². The summed E-state index contributed by atoms with van der Waals surface area (Å²) < 4.78 is 16.7. The second-order valence-electron chi connectivity index (χ2n) is 2.88. The van der Waals surface area contributed by atoms with Crippen LogP contribution in [-0.2, 0) is 14.2 Å². The van der Waals surface area contributed by atoms with Gasteiger partial charge in [0.05, 0.1) is 10.4 Å². The monoisotopic (exact) mass is 221 g/mol. The summed E-state index contributed by atoms with van der Waals surface area (Å²) in [5.41, 5.74) is 0. The molecule has 0 aromatic carbocycles. The average Bonchev–Trinajstić information content (AvgIpc) is 2.17. The Morgan fingerprint density at radius 1 is 1.14 bits per heavy atom. The van der Waals surface area contributed by atoms with Crippen LogP contribution in [0.2, 0.25) is 0 Å². The SMILES string of the molecule is CCOC(C)C(N[SiH3])(OCC)OCC. The largest absolute Gasteiger partial charge is 0.372 e. The van der Waals surface area contributed by atoms with Crippen molar-refractivity contribution in [2.24, 2.45) is 0 Å². The summed E-state index contributed by atoms with van der Waals surface area (Å²) in [6, 6.07) is 0. The molecule has 0 aliphatic heterocycles. The van der Waals surface area contributed by atoms with Crippen molar-refractivity contribution >= 4 is 10.4 Å². The van der Waals surface area contributed by atoms with E-state index in [2.05, 4.69) is 4.98 Å². The molecule has 1 unspecified atom stereocenters. The van der Waals surface area contributed by atoms with Gasteiger partial charge in [0.1, 0.15) is 6.10 Å². The van der Waals surface area contributed by atoms with E-state index in [1.807, 2.05) is 27.7 Å². The van der Waals surface area contributed by atoms with E-state index in [0.717, 1.165) is 10.4 Å². The lowest BCUT2D eigenvalue weighted by Gasteiger charge is -2.37. The number of hydrogen-bond donors (Lipinski definition) is 1. The maximum atomic E-state index is 5.61. The standard InChI is InChI=1S/C9H23NO3Si/c1-5-11-8(4)9(10-14,12-6-2)13-7-3/h8,10H,5-7H2,1-4,14H3. The maximum absolute atomic E-state index is 5.61. The quantitative estimate of drug-likeness (QED) is 0.463. The molecule has 0 saturated heterocycles. The molecule has 0 saturated carbocycles. The highest BCUT2D eigenvalue weighted by Gasteiger charge is 2.36. The molecule has 0 aromatic rings. The van der Waals surface area contributed by atoms with Gasteiger partial charge in [0, 0.05) is 19.8 Å². The summed E-state index contributed by atoms with van der Waals surface area (Å²) in [7, 11) is 0.800. The summed E-state index contributed by atoms with van der Waals surface area (Å²) in [4.78, 5) is 3.17. The number of ether oxygens (including phenoxy) is 3. The molecule has 0 aliphatic rings. The predicted octanol–water partition coefficient (Wildman–Crippen LogP) is 0.00820. The first-order chi connectivity index (χ1) is 6.66. The van der Waals surface area contributed by atoms with Gasteiger partial charge in [0.25, 0.3) is 0 Å². The van der Waals surface area contributed by atoms with E-state index in [-0.39, 0.29) is 6.10 Å². The van der Waals surface area contributed by atoms with E-state index in [1.54, 1.807) is 0 Å². The van der Waals surface area contributed by atoms with Crippen molar-refractivity contribution in [1.82, 2.24) is 4.98 Å². The zero-order chi connectivity index (χ0) is 11.0. The van der Waals surface area contributed by atoms with Gasteiger partial charge >= 0.3 is 0 Å². The number of nitrogens with one attached hydrogen (secondary N) is 1. The van der Waals surface area contributed by atoms with Gasteiger partial charge in [-0.1, -0.05) is 0 Å². The molecular formula is C9H23NO3Si. The third-order valence-electron chi connectivity index (χ3n) is 2.02. The first-order valence-electron chi connectivity index (χ1n) is 5.25. The fourth-order valence-electron chi connectivity index (χ4n) is 1.41. The zero-order valence-corrected chi connectivity index (χ0v) is 11.9. The van der Waals surface area contributed by atoms with Crippen molar-refractivity contribution in [1.29, 1.82) is 0 Å². The molecule has 0 bridgehead atoms. The Hall–Kier alpha value is 0.0569. The zero-order valence-electron chi connectivity index (χ0n) is 9.92. The summed E-state index contributed by atoms with van der Waals surface area (Å²) in [6.07, 6.45) is -0.107. The van der Waals surface area contributed by atoms with Crippen LogP contribution in [0.4, 0.5) is 0 Å². The highest BCUT2D eigenvalue weighted by atomic mass is 28.2. The molecule has 14 heavy (non-hydrogen) atoms. The highest BCUT2D eigenvalue weighted by Crippen LogP contribution is 2.17. The van der Waals surface area contributed by atoms with Gasteiger partial charge in [-0.25, -0.2) is 0 Å². The Bertz CT molecular complexity index is 140. The van der Waals surface area contributed by atoms with Crippen LogP contribution in [0.15, 0.2) is 0 Å². The minimum absolute atomic E-state index is 0.107. The van der Waals surface area contributed by atoms with Crippen LogP contribution in [0, 0.1) is 0 Å². The second-order valence-corrected chi connectivity index (χ2v) is 3.38. The fraction of sp³-hybridized carbons (Fsp3) is 1.00. The Balaban J connectivity index is 4.45. The van der Waals surface area contributed by atoms with Crippen LogP contribution < -0.4 is 4.98 Å². The summed E-state index contributed by atoms with van der Waals surface area (Å²) >= 11 is 0. The molecule has 0 heterocycles. The Labute approximate surface area is 89.8 Å². The topological polar surface area (TPSA) is 39.7 Å². The van der Waals surface area contributed by atoms with Crippen molar-refractivity contribution < 1.29 is 14.2 Å². The Kier molecular flexibility index (Phi) is 7.39. The molecular weight excluding hydrogens is 198 g/mol. The van der Waals surface area contributed by atoms with Crippen molar-refractivity contribution in [3.05, 3.63) is 0 Å². The normalized spacial score (nSPS) is 14.6. The summed E-state index contributed by atoms with van der Waals surface area (Å²) in [5.74, 6) is -0.758. The Morgan fingerprint density at radius 3 is 1.93 bits per heavy atom. The van der Waals surface area contributed by atoms with E-state index >= 15 is 0 Å². The van der Waals surface area contributed by atoms with E-state index in [4.69, 9.17) is 14.2 Å². The lowest BCUT2D eigenvalue weighted by atomic mass is 10.3. The third kappa shape index (κ3) is 3.66. The molecule has 4 nitrogen and oxygen atoms in total. The van der Waals surface area contributed by atoms with Crippen molar-refractivity contribution in [2.45, 2.75) is 39.7 Å². The summed E-state index contributed by atoms with van der Waals surface area (Å²) in [6.45, 7) is 9.69. The maximum Gasteiger partial charge on any atom is 0.248 e. The third-order valence-corrected chi connectivity index (χ3v) is 2.71. The summed E-state index contributed by atoms with van der Waals surface area (Å²) in [5, 5.41) is 0. The molecule has 0 radical (unpaired) electrons. The first kappa shape index (κ1) is 14.1. The fourth-order valence-corrected chi connectivity index (χ4v) is 2.11. The first-order valence-corrected chi connectivity index (χ1v) is 6.25. The average molecular weight is 221 g/mol. The minimum Gasteiger partial charge on any atom is -0.372 e. The molecule has 0 spiro atoms. The van der Waals surface area contributed by atoms with Crippen LogP contribution in [0.25, 0.3) is 0 Å². The van der Waals surface area contributed by atoms with E-state index < -0.39 is 5.91 Å². The highest BCUT2D eigenvalue weighted by molar-refractivity contribution is 6.04. The van der Waals surface area contributed by atoms with Crippen LogP contribution >= 0.6 is 0 Å². The predicted molar refractivity (Wildman–Crippen MR) is 60.1 cm³/mol. The van der Waals surface area contributed by atoms with Gasteiger partial charge < -0.3 is 14.2 Å². The van der Waals surface area contributed by atoms with Gasteiger partial charge in [0.15, 0.2) is 0 Å². The molecule has 1 atom stereocenters. The molecule has 86 valence electrons. The van der Waals surface area contributed by atoms with Crippen LogP contribution in [0.5, 0.6) is 0 Å². The minimum atomic E-state index is -0.758. The molecule has 0 rings (SSSR count). The Morgan fingerprint density at radius 2 is 1.64 bits per heavy atom. The number of hydrogen-bond acceptors (Lipinski definition) is 4. The van der Waals surface area contributed by atoms with Crippen molar-refractivity contribution in [2.75, 3.05) is 19.8 Å². The van der Waals surface area contributed by atoms with E-state index in [1.165, 1.54) is 0 Å². The van der Waals surface area contributed by atoms with Gasteiger partial charge in [-0.15, -0.1) is 0 Å². The lowest BCUT2D eigenvalue weighted by Crippen LogP contribution is -2.57. The van der Waals surface area contributed by atoms with Crippen LogP contribution in [0.1, 0.15) is 27.7 Å². The number of rotatable bonds is 8. The smallest absolute Gasteiger partial charge is 0.248 e. The lowest BCUT2D eigenvalue weighted by molar-refractivity contribution is -0.291. The molecule has 0 aliphatic carbocycles.